The summed E-state index contributed by atoms with van der Waals surface area (Å²) in [6.07, 6.45) is 12.8. The van der Waals surface area contributed by atoms with E-state index in [1.54, 1.807) is 0 Å². The van der Waals surface area contributed by atoms with Gasteiger partial charge in [0.25, 0.3) is 0 Å². The molecule has 2 unspecified atom stereocenters. The van der Waals surface area contributed by atoms with E-state index in [9.17, 15) is 5.11 Å². The SMILES string of the molecule is CCCCCCCCCCC(C)C(O)CN(C)CCCN. The van der Waals surface area contributed by atoms with Gasteiger partial charge in [-0.3, -0.25) is 0 Å². The van der Waals surface area contributed by atoms with Crippen LogP contribution in [0.5, 0.6) is 0 Å². The van der Waals surface area contributed by atoms with Gasteiger partial charge in [0.1, 0.15) is 0 Å². The number of nitrogens with two attached hydrogens (primary N) is 1. The third-order valence-electron chi connectivity index (χ3n) is 4.41. The van der Waals surface area contributed by atoms with Crippen LogP contribution in [0.15, 0.2) is 0 Å². The fraction of sp³-hybridized carbons (Fsp3) is 1.00. The topological polar surface area (TPSA) is 49.5 Å². The van der Waals surface area contributed by atoms with Crippen molar-refractivity contribution >= 4 is 0 Å². The molecular weight excluding hydrogens is 260 g/mol. The van der Waals surface area contributed by atoms with Gasteiger partial charge in [-0.05, 0) is 38.9 Å². The first kappa shape index (κ1) is 20.9. The molecule has 21 heavy (non-hydrogen) atoms. The van der Waals surface area contributed by atoms with Crippen LogP contribution in [0.4, 0.5) is 0 Å². The van der Waals surface area contributed by atoms with Crippen molar-refractivity contribution in [3.05, 3.63) is 0 Å². The third kappa shape index (κ3) is 13.3. The lowest BCUT2D eigenvalue weighted by Gasteiger charge is -2.24. The van der Waals surface area contributed by atoms with Crippen molar-refractivity contribution < 1.29 is 5.11 Å². The number of aliphatic hydroxyl groups is 1. The maximum absolute atomic E-state index is 10.2. The van der Waals surface area contributed by atoms with Crippen LogP contribution in [0.1, 0.15) is 78.1 Å². The number of hydrogen-bond donors (Lipinski definition) is 2. The molecule has 3 N–H and O–H groups in total. The fourth-order valence-electron chi connectivity index (χ4n) is 2.74. The number of rotatable bonds is 15. The highest BCUT2D eigenvalue weighted by Gasteiger charge is 2.15. The summed E-state index contributed by atoms with van der Waals surface area (Å²) in [4.78, 5) is 2.20. The molecule has 3 nitrogen and oxygen atoms in total. The predicted octanol–water partition coefficient (Wildman–Crippen LogP) is 3.79. The second kappa shape index (κ2) is 14.8. The molecule has 3 heteroatoms. The highest BCUT2D eigenvalue weighted by Crippen LogP contribution is 2.16. The van der Waals surface area contributed by atoms with E-state index >= 15 is 0 Å². The van der Waals surface area contributed by atoms with Crippen LogP contribution < -0.4 is 5.73 Å². The average molecular weight is 301 g/mol. The molecule has 0 aliphatic rings. The van der Waals surface area contributed by atoms with Gasteiger partial charge in [0.05, 0.1) is 6.10 Å². The maximum Gasteiger partial charge on any atom is 0.0692 e. The summed E-state index contributed by atoms with van der Waals surface area (Å²) < 4.78 is 0. The van der Waals surface area contributed by atoms with Crippen LogP contribution in [0.2, 0.25) is 0 Å². The molecule has 0 fully saturated rings. The van der Waals surface area contributed by atoms with Crippen LogP contribution >= 0.6 is 0 Å². The van der Waals surface area contributed by atoms with E-state index in [4.69, 9.17) is 5.73 Å². The van der Waals surface area contributed by atoms with Crippen molar-refractivity contribution in [3.8, 4) is 0 Å². The van der Waals surface area contributed by atoms with Crippen LogP contribution in [0, 0.1) is 5.92 Å². The highest BCUT2D eigenvalue weighted by molar-refractivity contribution is 4.68. The predicted molar refractivity (Wildman–Crippen MR) is 93.6 cm³/mol. The van der Waals surface area contributed by atoms with Crippen LogP contribution in [-0.2, 0) is 0 Å². The molecule has 0 bridgehead atoms. The first-order chi connectivity index (χ1) is 10.1. The van der Waals surface area contributed by atoms with Crippen molar-refractivity contribution in [1.82, 2.24) is 4.90 Å². The van der Waals surface area contributed by atoms with Crippen LogP contribution in [0.3, 0.4) is 0 Å². The Morgan fingerprint density at radius 2 is 1.52 bits per heavy atom. The molecule has 0 heterocycles. The van der Waals surface area contributed by atoms with E-state index in [-0.39, 0.29) is 6.10 Å². The second-order valence-electron chi connectivity index (χ2n) is 6.71. The monoisotopic (exact) mass is 300 g/mol. The molecule has 0 rings (SSSR count). The smallest absolute Gasteiger partial charge is 0.0692 e. The van der Waals surface area contributed by atoms with E-state index in [1.165, 1.54) is 51.4 Å². The minimum Gasteiger partial charge on any atom is -0.392 e. The quantitative estimate of drug-likeness (QED) is 0.452. The summed E-state index contributed by atoms with van der Waals surface area (Å²) in [5.74, 6) is 0.408. The van der Waals surface area contributed by atoms with Crippen molar-refractivity contribution in [3.63, 3.8) is 0 Å². The summed E-state index contributed by atoms with van der Waals surface area (Å²) in [6.45, 7) is 6.94. The summed E-state index contributed by atoms with van der Waals surface area (Å²) >= 11 is 0. The van der Waals surface area contributed by atoms with Gasteiger partial charge in [0, 0.05) is 6.54 Å². The number of hydrogen-bond acceptors (Lipinski definition) is 3. The van der Waals surface area contributed by atoms with Gasteiger partial charge in [-0.2, -0.15) is 0 Å². The minimum absolute atomic E-state index is 0.197. The van der Waals surface area contributed by atoms with E-state index in [0.29, 0.717) is 5.92 Å². The largest absolute Gasteiger partial charge is 0.392 e. The Kier molecular flexibility index (Phi) is 14.7. The number of aliphatic hydroxyl groups excluding tert-OH is 1. The number of nitrogens with zero attached hydrogens (tertiary/aromatic N) is 1. The zero-order valence-electron chi connectivity index (χ0n) is 14.8. The Hall–Kier alpha value is -0.120. The van der Waals surface area contributed by atoms with Crippen molar-refractivity contribution in [1.29, 1.82) is 0 Å². The average Bonchev–Trinajstić information content (AvgIpc) is 2.47. The summed E-state index contributed by atoms with van der Waals surface area (Å²) in [7, 11) is 2.07. The molecule has 0 saturated carbocycles. The van der Waals surface area contributed by atoms with Crippen LogP contribution in [-0.4, -0.2) is 42.8 Å². The van der Waals surface area contributed by atoms with E-state index < -0.39 is 0 Å². The molecule has 0 radical (unpaired) electrons. The van der Waals surface area contributed by atoms with Gasteiger partial charge in [-0.25, -0.2) is 0 Å². The standard InChI is InChI=1S/C18H40N2O/c1-4-5-6-7-8-9-10-11-13-17(2)18(21)16-20(3)15-12-14-19/h17-18,21H,4-16,19H2,1-3H3. The fourth-order valence-corrected chi connectivity index (χ4v) is 2.74. The Morgan fingerprint density at radius 3 is 2.10 bits per heavy atom. The second-order valence-corrected chi connectivity index (χ2v) is 6.71. The van der Waals surface area contributed by atoms with Crippen molar-refractivity contribution in [2.24, 2.45) is 11.7 Å². The first-order valence-electron chi connectivity index (χ1n) is 9.18. The van der Waals surface area contributed by atoms with E-state index in [2.05, 4.69) is 25.8 Å². The normalized spacial score (nSPS) is 14.6. The van der Waals surface area contributed by atoms with Gasteiger partial charge in [0.2, 0.25) is 0 Å². The molecular formula is C18H40N2O. The van der Waals surface area contributed by atoms with Gasteiger partial charge in [-0.15, -0.1) is 0 Å². The molecule has 2 atom stereocenters. The first-order valence-corrected chi connectivity index (χ1v) is 9.18. The minimum atomic E-state index is -0.197. The molecule has 0 amide bonds. The third-order valence-corrected chi connectivity index (χ3v) is 4.41. The maximum atomic E-state index is 10.2. The van der Waals surface area contributed by atoms with Gasteiger partial charge in [-0.1, -0.05) is 65.2 Å². The zero-order chi connectivity index (χ0) is 15.9. The molecule has 0 spiro atoms. The lowest BCUT2D eigenvalue weighted by atomic mass is 9.96. The number of likely N-dealkylation sites (N-methyl/N-ethyl adjacent to an activating group) is 1. The Bertz CT molecular complexity index is 211. The van der Waals surface area contributed by atoms with Gasteiger partial charge in [0.15, 0.2) is 0 Å². The number of unbranched alkanes of at least 4 members (excludes halogenated alkanes) is 7. The molecule has 0 aromatic rings. The molecule has 0 aromatic heterocycles. The van der Waals surface area contributed by atoms with E-state index in [0.717, 1.165) is 32.5 Å². The molecule has 0 aliphatic heterocycles. The Labute approximate surface area is 133 Å². The molecule has 0 aliphatic carbocycles. The summed E-state index contributed by atoms with van der Waals surface area (Å²) in [6, 6.07) is 0. The molecule has 0 saturated heterocycles. The lowest BCUT2D eigenvalue weighted by molar-refractivity contribution is 0.0744. The summed E-state index contributed by atoms with van der Waals surface area (Å²) in [5, 5.41) is 10.2. The Balaban J connectivity index is 3.48. The van der Waals surface area contributed by atoms with Gasteiger partial charge >= 0.3 is 0 Å². The van der Waals surface area contributed by atoms with Crippen molar-refractivity contribution in [2.45, 2.75) is 84.2 Å². The van der Waals surface area contributed by atoms with E-state index in [1.807, 2.05) is 0 Å². The summed E-state index contributed by atoms with van der Waals surface area (Å²) in [5.41, 5.74) is 5.51. The molecule has 0 aromatic carbocycles. The van der Waals surface area contributed by atoms with Gasteiger partial charge < -0.3 is 15.7 Å². The molecule has 128 valence electrons. The lowest BCUT2D eigenvalue weighted by Crippen LogP contribution is -2.34. The zero-order valence-corrected chi connectivity index (χ0v) is 14.8. The van der Waals surface area contributed by atoms with Crippen molar-refractivity contribution in [2.75, 3.05) is 26.7 Å². The highest BCUT2D eigenvalue weighted by atomic mass is 16.3. The Morgan fingerprint density at radius 1 is 0.952 bits per heavy atom. The van der Waals surface area contributed by atoms with Crippen LogP contribution in [0.25, 0.3) is 0 Å².